The van der Waals surface area contributed by atoms with Crippen molar-refractivity contribution in [3.63, 3.8) is 0 Å². The third-order valence-electron chi connectivity index (χ3n) is 1.87. The molecule has 7 heteroatoms. The van der Waals surface area contributed by atoms with Gasteiger partial charge in [-0.25, -0.2) is 10.2 Å². The second-order valence-electron chi connectivity index (χ2n) is 3.73. The summed E-state index contributed by atoms with van der Waals surface area (Å²) < 4.78 is 10.5. The van der Waals surface area contributed by atoms with Crippen molar-refractivity contribution in [3.8, 4) is 0 Å². The molecule has 0 aromatic heterocycles. The van der Waals surface area contributed by atoms with E-state index in [9.17, 15) is 4.79 Å². The summed E-state index contributed by atoms with van der Waals surface area (Å²) in [6.07, 6.45) is 0.889. The molecule has 0 atom stereocenters. The first kappa shape index (κ1) is 16.8. The molecule has 0 rings (SSSR count). The van der Waals surface area contributed by atoms with E-state index in [1.165, 1.54) is 6.21 Å². The molecule has 0 aromatic rings. The van der Waals surface area contributed by atoms with Crippen LogP contribution < -0.4 is 10.7 Å². The fourth-order valence-electron chi connectivity index (χ4n) is 1.05. The fourth-order valence-corrected chi connectivity index (χ4v) is 1.05. The summed E-state index contributed by atoms with van der Waals surface area (Å²) in [5.41, 5.74) is 2.34. The Morgan fingerprint density at radius 2 is 1.94 bits per heavy atom. The Labute approximate surface area is 109 Å². The number of hydrogen-bond donors (Lipinski definition) is 2. The molecule has 0 spiro atoms. The van der Waals surface area contributed by atoms with Crippen LogP contribution in [0, 0.1) is 0 Å². The molecule has 18 heavy (non-hydrogen) atoms. The average molecular weight is 260 g/mol. The highest BCUT2D eigenvalue weighted by molar-refractivity contribution is 5.75. The third-order valence-corrected chi connectivity index (χ3v) is 1.87. The molecule has 7 nitrogen and oxygen atoms in total. The van der Waals surface area contributed by atoms with Crippen LogP contribution in [0.25, 0.3) is 0 Å². The lowest BCUT2D eigenvalue weighted by atomic mass is 10.6. The van der Waals surface area contributed by atoms with Gasteiger partial charge in [-0.2, -0.15) is 5.10 Å². The maximum Gasteiger partial charge on any atom is 0.335 e. The average Bonchev–Trinajstić information content (AvgIpc) is 2.29. The predicted octanol–water partition coefficient (Wildman–Crippen LogP) is 0.232. The van der Waals surface area contributed by atoms with Crippen LogP contribution in [0.1, 0.15) is 13.8 Å². The Morgan fingerprint density at radius 1 is 1.33 bits per heavy atom. The molecule has 0 bridgehead atoms. The number of hydrogen-bond acceptors (Lipinski definition) is 5. The largest absolute Gasteiger partial charge is 0.348 e. The van der Waals surface area contributed by atoms with E-state index in [2.05, 4.69) is 15.8 Å². The Hall–Kier alpha value is -1.18. The van der Waals surface area contributed by atoms with Gasteiger partial charge in [-0.3, -0.25) is 0 Å². The van der Waals surface area contributed by atoms with Crippen molar-refractivity contribution < 1.29 is 14.3 Å². The van der Waals surface area contributed by atoms with E-state index >= 15 is 0 Å². The molecule has 0 radical (unpaired) electrons. The number of amides is 2. The predicted molar refractivity (Wildman–Crippen MR) is 70.6 cm³/mol. The number of rotatable bonds is 9. The summed E-state index contributed by atoms with van der Waals surface area (Å²) in [6, 6.07) is -0.347. The minimum atomic E-state index is -0.526. The van der Waals surface area contributed by atoms with Crippen molar-refractivity contribution in [2.45, 2.75) is 20.1 Å². The second-order valence-corrected chi connectivity index (χ2v) is 3.73. The lowest BCUT2D eigenvalue weighted by Gasteiger charge is -2.12. The highest BCUT2D eigenvalue weighted by Crippen LogP contribution is 1.90. The number of nitrogens with one attached hydrogen (secondary N) is 2. The number of carbonyl (C=O) groups is 1. The Bertz CT molecular complexity index is 240. The van der Waals surface area contributed by atoms with Crippen molar-refractivity contribution in [2.24, 2.45) is 5.10 Å². The molecule has 0 aliphatic carbocycles. The van der Waals surface area contributed by atoms with Gasteiger partial charge in [0.2, 0.25) is 0 Å². The first-order chi connectivity index (χ1) is 8.60. The fraction of sp³-hybridized carbons (Fsp3) is 0.818. The first-order valence-electron chi connectivity index (χ1n) is 6.05. The van der Waals surface area contributed by atoms with Gasteiger partial charge < -0.3 is 19.7 Å². The SMILES string of the molecule is CCOC(C=NNC(=O)NCCN(C)C)OCC. The molecule has 2 amide bonds. The number of nitrogens with zero attached hydrogens (tertiary/aromatic N) is 2. The van der Waals surface area contributed by atoms with Gasteiger partial charge >= 0.3 is 6.03 Å². The molecule has 0 aromatic carbocycles. The molecule has 0 heterocycles. The molecular formula is C11H24N4O3. The van der Waals surface area contributed by atoms with Crippen LogP contribution in [0.3, 0.4) is 0 Å². The molecule has 0 unspecified atom stereocenters. The van der Waals surface area contributed by atoms with Crippen LogP contribution in [0.5, 0.6) is 0 Å². The van der Waals surface area contributed by atoms with Crippen molar-refractivity contribution >= 4 is 12.2 Å². The summed E-state index contributed by atoms with van der Waals surface area (Å²) >= 11 is 0. The van der Waals surface area contributed by atoms with E-state index in [-0.39, 0.29) is 6.03 Å². The maximum absolute atomic E-state index is 11.3. The number of ether oxygens (including phenoxy) is 2. The zero-order valence-corrected chi connectivity index (χ0v) is 11.6. The van der Waals surface area contributed by atoms with Gasteiger partial charge in [0.05, 0.1) is 6.21 Å². The lowest BCUT2D eigenvalue weighted by molar-refractivity contribution is -0.0869. The third kappa shape index (κ3) is 10.0. The Morgan fingerprint density at radius 3 is 2.44 bits per heavy atom. The summed E-state index contributed by atoms with van der Waals surface area (Å²) in [7, 11) is 3.87. The molecule has 106 valence electrons. The van der Waals surface area contributed by atoms with Gasteiger partial charge in [-0.1, -0.05) is 0 Å². The van der Waals surface area contributed by atoms with Crippen molar-refractivity contribution in [3.05, 3.63) is 0 Å². The van der Waals surface area contributed by atoms with E-state index in [0.29, 0.717) is 19.8 Å². The van der Waals surface area contributed by atoms with E-state index in [1.807, 2.05) is 32.8 Å². The number of urea groups is 1. The van der Waals surface area contributed by atoms with Gasteiger partial charge in [0.25, 0.3) is 0 Å². The van der Waals surface area contributed by atoms with E-state index < -0.39 is 6.29 Å². The van der Waals surface area contributed by atoms with E-state index in [1.54, 1.807) is 0 Å². The van der Waals surface area contributed by atoms with Crippen molar-refractivity contribution in [1.82, 2.24) is 15.6 Å². The van der Waals surface area contributed by atoms with Crippen molar-refractivity contribution in [1.29, 1.82) is 0 Å². The number of hydrazone groups is 1. The smallest absolute Gasteiger partial charge is 0.335 e. The molecule has 0 aliphatic heterocycles. The minimum absolute atomic E-state index is 0.347. The summed E-state index contributed by atoms with van der Waals surface area (Å²) in [4.78, 5) is 13.3. The molecule has 2 N–H and O–H groups in total. The van der Waals surface area contributed by atoms with Gasteiger partial charge in [0, 0.05) is 26.3 Å². The number of carbonyl (C=O) groups excluding carboxylic acids is 1. The standard InChI is InChI=1S/C11H24N4O3/c1-5-17-10(18-6-2)9-13-14-11(16)12-7-8-15(3)4/h9-10H,5-8H2,1-4H3,(H2,12,14,16). The van der Waals surface area contributed by atoms with Gasteiger partial charge in [-0.15, -0.1) is 0 Å². The van der Waals surface area contributed by atoms with Crippen molar-refractivity contribution in [2.75, 3.05) is 40.4 Å². The van der Waals surface area contributed by atoms with Gasteiger partial charge in [0.15, 0.2) is 6.29 Å². The molecule has 0 aliphatic rings. The van der Waals surface area contributed by atoms with Gasteiger partial charge in [0.1, 0.15) is 0 Å². The molecule has 0 fully saturated rings. The highest BCUT2D eigenvalue weighted by Gasteiger charge is 2.03. The minimum Gasteiger partial charge on any atom is -0.348 e. The number of likely N-dealkylation sites (N-methyl/N-ethyl adjacent to an activating group) is 1. The van der Waals surface area contributed by atoms with Crippen LogP contribution in [0.15, 0.2) is 5.10 Å². The highest BCUT2D eigenvalue weighted by atomic mass is 16.7. The monoisotopic (exact) mass is 260 g/mol. The lowest BCUT2D eigenvalue weighted by Crippen LogP contribution is -2.37. The van der Waals surface area contributed by atoms with Crippen LogP contribution in [0.4, 0.5) is 4.79 Å². The molecular weight excluding hydrogens is 236 g/mol. The zero-order valence-electron chi connectivity index (χ0n) is 11.6. The normalized spacial score (nSPS) is 11.4. The van der Waals surface area contributed by atoms with Crippen LogP contribution in [0.2, 0.25) is 0 Å². The summed E-state index contributed by atoms with van der Waals surface area (Å²) in [5.74, 6) is 0. The van der Waals surface area contributed by atoms with E-state index in [0.717, 1.165) is 6.54 Å². The summed E-state index contributed by atoms with van der Waals surface area (Å²) in [5, 5.41) is 6.42. The van der Waals surface area contributed by atoms with Crippen LogP contribution in [-0.2, 0) is 9.47 Å². The first-order valence-corrected chi connectivity index (χ1v) is 6.05. The van der Waals surface area contributed by atoms with E-state index in [4.69, 9.17) is 9.47 Å². The summed E-state index contributed by atoms with van der Waals surface area (Å²) in [6.45, 7) is 6.10. The Balaban J connectivity index is 3.79. The quantitative estimate of drug-likeness (QED) is 0.353. The Kier molecular flexibility index (Phi) is 10.2. The topological polar surface area (TPSA) is 75.2 Å². The molecule has 0 saturated carbocycles. The van der Waals surface area contributed by atoms with Gasteiger partial charge in [-0.05, 0) is 27.9 Å². The zero-order chi connectivity index (χ0) is 13.8. The van der Waals surface area contributed by atoms with Crippen LogP contribution in [-0.4, -0.2) is 63.8 Å². The second kappa shape index (κ2) is 10.9. The maximum atomic E-state index is 11.3. The van der Waals surface area contributed by atoms with Crippen LogP contribution >= 0.6 is 0 Å². The molecule has 0 saturated heterocycles.